The first-order valence-corrected chi connectivity index (χ1v) is 9.78. The Kier molecular flexibility index (Phi) is 4.57. The van der Waals surface area contributed by atoms with Crippen molar-refractivity contribution in [1.29, 1.82) is 0 Å². The molecule has 0 aromatic carbocycles. The predicted octanol–water partition coefficient (Wildman–Crippen LogP) is 3.21. The molecule has 3 heterocycles. The molecule has 6 heteroatoms. The molecule has 0 bridgehead atoms. The molecular weight excluding hydrogens is 399 g/mol. The molecule has 1 aromatic rings. The van der Waals surface area contributed by atoms with Crippen molar-refractivity contribution in [3.8, 4) is 0 Å². The molecular formula is C15H21IN2O2S. The quantitative estimate of drug-likeness (QED) is 0.545. The Morgan fingerprint density at radius 3 is 2.71 bits per heavy atom. The molecule has 1 unspecified atom stereocenters. The van der Waals surface area contributed by atoms with E-state index in [9.17, 15) is 4.79 Å². The van der Waals surface area contributed by atoms with E-state index in [1.807, 2.05) is 18.7 Å². The number of piperidine rings is 1. The van der Waals surface area contributed by atoms with Gasteiger partial charge in [0.1, 0.15) is 4.88 Å². The molecule has 2 saturated heterocycles. The molecule has 0 saturated carbocycles. The van der Waals surface area contributed by atoms with Crippen molar-refractivity contribution in [1.82, 2.24) is 9.88 Å². The summed E-state index contributed by atoms with van der Waals surface area (Å²) in [6.45, 7) is 6.47. The summed E-state index contributed by atoms with van der Waals surface area (Å²) in [6.07, 6.45) is 3.72. The van der Waals surface area contributed by atoms with Crippen molar-refractivity contribution in [3.05, 3.63) is 15.6 Å². The van der Waals surface area contributed by atoms with Crippen LogP contribution < -0.4 is 0 Å². The molecule has 21 heavy (non-hydrogen) atoms. The number of alkyl halides is 1. The Bertz CT molecular complexity index is 538. The SMILES string of the molecule is Cc1nc(C)c(C(=O)N2CCC3(CC2)COC(CI)C3)s1. The lowest BCUT2D eigenvalue weighted by Gasteiger charge is -2.38. The number of hydrogen-bond acceptors (Lipinski definition) is 4. The zero-order valence-electron chi connectivity index (χ0n) is 12.5. The average Bonchev–Trinajstić information content (AvgIpc) is 3.03. The first-order valence-electron chi connectivity index (χ1n) is 7.44. The highest BCUT2D eigenvalue weighted by Gasteiger charge is 2.42. The number of aromatic nitrogens is 1. The Morgan fingerprint density at radius 2 is 2.19 bits per heavy atom. The van der Waals surface area contributed by atoms with Gasteiger partial charge in [-0.15, -0.1) is 11.3 Å². The lowest BCUT2D eigenvalue weighted by Crippen LogP contribution is -2.43. The topological polar surface area (TPSA) is 42.4 Å². The third kappa shape index (κ3) is 3.12. The van der Waals surface area contributed by atoms with Gasteiger partial charge in [0, 0.05) is 17.5 Å². The Morgan fingerprint density at radius 1 is 1.48 bits per heavy atom. The van der Waals surface area contributed by atoms with Crippen LogP contribution in [0, 0.1) is 19.3 Å². The summed E-state index contributed by atoms with van der Waals surface area (Å²) >= 11 is 3.92. The minimum Gasteiger partial charge on any atom is -0.377 e. The molecule has 1 aromatic heterocycles. The second-order valence-electron chi connectivity index (χ2n) is 6.23. The number of amides is 1. The zero-order chi connectivity index (χ0) is 15.0. The highest BCUT2D eigenvalue weighted by molar-refractivity contribution is 14.1. The van der Waals surface area contributed by atoms with E-state index in [0.29, 0.717) is 11.5 Å². The highest BCUT2D eigenvalue weighted by Crippen LogP contribution is 2.42. The van der Waals surface area contributed by atoms with Crippen molar-refractivity contribution < 1.29 is 9.53 Å². The number of aryl methyl sites for hydroxylation is 2. The number of ether oxygens (including phenoxy) is 1. The fraction of sp³-hybridized carbons (Fsp3) is 0.733. The lowest BCUT2D eigenvalue weighted by atomic mass is 9.77. The average molecular weight is 420 g/mol. The maximum atomic E-state index is 12.6. The van der Waals surface area contributed by atoms with Crippen LogP contribution in [0.2, 0.25) is 0 Å². The van der Waals surface area contributed by atoms with Crippen LogP contribution in [0.25, 0.3) is 0 Å². The van der Waals surface area contributed by atoms with Crippen molar-refractivity contribution >= 4 is 39.8 Å². The number of rotatable bonds is 2. The standard InChI is InChI=1S/C15H21IN2O2S/c1-10-13(21-11(2)17-10)14(19)18-5-3-15(4-6-18)7-12(8-16)20-9-15/h12H,3-9H2,1-2H3. The van der Waals surface area contributed by atoms with Crippen LogP contribution in [0.1, 0.15) is 39.6 Å². The van der Waals surface area contributed by atoms with E-state index in [-0.39, 0.29) is 5.91 Å². The largest absolute Gasteiger partial charge is 0.377 e. The fourth-order valence-corrected chi connectivity index (χ4v) is 4.85. The van der Waals surface area contributed by atoms with E-state index in [1.165, 1.54) is 11.3 Å². The summed E-state index contributed by atoms with van der Waals surface area (Å²) in [6, 6.07) is 0. The second kappa shape index (κ2) is 6.12. The molecule has 1 amide bonds. The second-order valence-corrected chi connectivity index (χ2v) is 8.32. The summed E-state index contributed by atoms with van der Waals surface area (Å²) in [5, 5.41) is 0.971. The molecule has 2 aliphatic heterocycles. The normalized spacial score (nSPS) is 24.7. The molecule has 2 aliphatic rings. The van der Waals surface area contributed by atoms with Gasteiger partial charge in [-0.2, -0.15) is 0 Å². The third-order valence-electron chi connectivity index (χ3n) is 4.67. The molecule has 116 valence electrons. The van der Waals surface area contributed by atoms with E-state index in [0.717, 1.165) is 59.0 Å². The van der Waals surface area contributed by atoms with Gasteiger partial charge in [0.05, 0.1) is 23.4 Å². The van der Waals surface area contributed by atoms with Gasteiger partial charge in [-0.3, -0.25) is 4.79 Å². The van der Waals surface area contributed by atoms with Crippen LogP contribution in [0.5, 0.6) is 0 Å². The molecule has 0 N–H and O–H groups in total. The van der Waals surface area contributed by atoms with E-state index in [4.69, 9.17) is 4.74 Å². The summed E-state index contributed by atoms with van der Waals surface area (Å²) in [5.74, 6) is 0.164. The molecule has 3 rings (SSSR count). The first-order chi connectivity index (χ1) is 10.0. The lowest BCUT2D eigenvalue weighted by molar-refractivity contribution is 0.0513. The first kappa shape index (κ1) is 15.7. The maximum Gasteiger partial charge on any atom is 0.265 e. The van der Waals surface area contributed by atoms with E-state index in [2.05, 4.69) is 27.6 Å². The van der Waals surface area contributed by atoms with Gasteiger partial charge in [0.2, 0.25) is 0 Å². The van der Waals surface area contributed by atoms with Crippen molar-refractivity contribution in [2.75, 3.05) is 24.1 Å². The van der Waals surface area contributed by atoms with Crippen LogP contribution in [0.15, 0.2) is 0 Å². The maximum absolute atomic E-state index is 12.6. The van der Waals surface area contributed by atoms with Gasteiger partial charge in [0.15, 0.2) is 0 Å². The summed E-state index contributed by atoms with van der Waals surface area (Å²) in [7, 11) is 0. The Hall–Kier alpha value is -0.210. The monoisotopic (exact) mass is 420 g/mol. The number of hydrogen-bond donors (Lipinski definition) is 0. The van der Waals surface area contributed by atoms with E-state index in [1.54, 1.807) is 0 Å². The number of carbonyl (C=O) groups is 1. The van der Waals surface area contributed by atoms with Crippen LogP contribution in [0.4, 0.5) is 0 Å². The van der Waals surface area contributed by atoms with Crippen molar-refractivity contribution in [3.63, 3.8) is 0 Å². The Labute approximate surface area is 143 Å². The van der Waals surface area contributed by atoms with Crippen molar-refractivity contribution in [2.24, 2.45) is 5.41 Å². The fourth-order valence-electron chi connectivity index (χ4n) is 3.40. The number of halogens is 1. The smallest absolute Gasteiger partial charge is 0.265 e. The van der Waals surface area contributed by atoms with Crippen LogP contribution in [0.3, 0.4) is 0 Å². The summed E-state index contributed by atoms with van der Waals surface area (Å²) in [4.78, 5) is 19.8. The summed E-state index contributed by atoms with van der Waals surface area (Å²) < 4.78 is 6.95. The van der Waals surface area contributed by atoms with Gasteiger partial charge in [-0.25, -0.2) is 4.98 Å². The van der Waals surface area contributed by atoms with Crippen LogP contribution in [-0.2, 0) is 4.74 Å². The molecule has 1 atom stereocenters. The molecule has 0 radical (unpaired) electrons. The number of likely N-dealkylation sites (tertiary alicyclic amines) is 1. The van der Waals surface area contributed by atoms with E-state index < -0.39 is 0 Å². The minimum atomic E-state index is 0.164. The molecule has 2 fully saturated rings. The predicted molar refractivity (Wildman–Crippen MR) is 92.4 cm³/mol. The zero-order valence-corrected chi connectivity index (χ0v) is 15.5. The van der Waals surface area contributed by atoms with Crippen LogP contribution in [-0.4, -0.2) is 46.0 Å². The third-order valence-corrected chi connectivity index (χ3v) is 6.71. The molecule has 1 spiro atoms. The van der Waals surface area contributed by atoms with Gasteiger partial charge < -0.3 is 9.64 Å². The number of carbonyl (C=O) groups excluding carboxylic acids is 1. The van der Waals surface area contributed by atoms with Gasteiger partial charge in [0.25, 0.3) is 5.91 Å². The molecule has 4 nitrogen and oxygen atoms in total. The highest BCUT2D eigenvalue weighted by atomic mass is 127. The minimum absolute atomic E-state index is 0.164. The van der Waals surface area contributed by atoms with Crippen LogP contribution >= 0.6 is 33.9 Å². The van der Waals surface area contributed by atoms with Gasteiger partial charge >= 0.3 is 0 Å². The molecule has 0 aliphatic carbocycles. The van der Waals surface area contributed by atoms with Gasteiger partial charge in [-0.1, -0.05) is 22.6 Å². The number of nitrogens with zero attached hydrogens (tertiary/aromatic N) is 2. The van der Waals surface area contributed by atoms with E-state index >= 15 is 0 Å². The summed E-state index contributed by atoms with van der Waals surface area (Å²) in [5.41, 5.74) is 1.20. The van der Waals surface area contributed by atoms with Crippen molar-refractivity contribution in [2.45, 2.75) is 39.2 Å². The Balaban J connectivity index is 1.63. The van der Waals surface area contributed by atoms with Gasteiger partial charge in [-0.05, 0) is 38.5 Å². The number of thiazole rings is 1.